The lowest BCUT2D eigenvalue weighted by atomic mass is 10.3. The van der Waals surface area contributed by atoms with Gasteiger partial charge in [0.1, 0.15) is 5.76 Å². The van der Waals surface area contributed by atoms with Crippen LogP contribution >= 0.6 is 22.6 Å². The Morgan fingerprint density at radius 1 is 1.59 bits per heavy atom. The van der Waals surface area contributed by atoms with Gasteiger partial charge >= 0.3 is 0 Å². The molecule has 0 radical (unpaired) electrons. The Morgan fingerprint density at radius 2 is 2.41 bits per heavy atom. The zero-order valence-electron chi connectivity index (χ0n) is 9.74. The summed E-state index contributed by atoms with van der Waals surface area (Å²) in [4.78, 5) is 11.4. The molecule has 0 atom stereocenters. The predicted octanol–water partition coefficient (Wildman–Crippen LogP) is 2.44. The molecule has 1 aromatic heterocycles. The summed E-state index contributed by atoms with van der Waals surface area (Å²) in [6.45, 7) is 3.97. The van der Waals surface area contributed by atoms with Crippen LogP contribution in [0.5, 0.6) is 0 Å². The Hall–Kier alpha value is -0.820. The van der Waals surface area contributed by atoms with Gasteiger partial charge in [0.05, 0.1) is 0 Å². The number of hydrogen-bond donors (Lipinski definition) is 1. The van der Waals surface area contributed by atoms with Crippen molar-refractivity contribution in [2.24, 2.45) is 0 Å². The molecule has 1 aromatic rings. The van der Waals surface area contributed by atoms with Crippen molar-refractivity contribution in [2.75, 3.05) is 19.8 Å². The van der Waals surface area contributed by atoms with Crippen molar-refractivity contribution in [3.63, 3.8) is 0 Å². The van der Waals surface area contributed by atoms with Gasteiger partial charge in [0.15, 0.2) is 3.77 Å². The number of rotatable bonds is 7. The topological polar surface area (TPSA) is 51.5 Å². The van der Waals surface area contributed by atoms with Crippen LogP contribution in [0.3, 0.4) is 0 Å². The minimum Gasteiger partial charge on any atom is -0.451 e. The second-order valence-corrected chi connectivity index (χ2v) is 4.38. The molecule has 1 amide bonds. The van der Waals surface area contributed by atoms with Gasteiger partial charge in [-0.15, -0.1) is 0 Å². The first-order chi connectivity index (χ1) is 8.22. The number of amides is 1. The Labute approximate surface area is 115 Å². The van der Waals surface area contributed by atoms with Gasteiger partial charge in [-0.1, -0.05) is 0 Å². The van der Waals surface area contributed by atoms with Crippen LogP contribution in [0.25, 0.3) is 6.08 Å². The average molecular weight is 349 g/mol. The Balaban J connectivity index is 2.18. The largest absolute Gasteiger partial charge is 0.451 e. The van der Waals surface area contributed by atoms with E-state index in [9.17, 15) is 4.79 Å². The van der Waals surface area contributed by atoms with Gasteiger partial charge in [-0.3, -0.25) is 4.79 Å². The van der Waals surface area contributed by atoms with Crippen molar-refractivity contribution >= 4 is 34.6 Å². The third-order valence-corrected chi connectivity index (χ3v) is 2.54. The summed E-state index contributed by atoms with van der Waals surface area (Å²) in [6.07, 6.45) is 3.95. The van der Waals surface area contributed by atoms with Crippen molar-refractivity contribution < 1.29 is 13.9 Å². The van der Waals surface area contributed by atoms with Crippen molar-refractivity contribution in [3.05, 3.63) is 27.7 Å². The standard InChI is InChI=1S/C12H16INO3/c1-2-16-9-3-8-14-12(15)7-5-10-4-6-11(13)17-10/h4-7H,2-3,8-9H2,1H3,(H,14,15)/b7-5+. The normalized spacial score (nSPS) is 10.9. The van der Waals surface area contributed by atoms with E-state index in [2.05, 4.69) is 27.9 Å². The molecule has 0 aliphatic rings. The van der Waals surface area contributed by atoms with Gasteiger partial charge in [-0.25, -0.2) is 0 Å². The van der Waals surface area contributed by atoms with Gasteiger partial charge < -0.3 is 14.5 Å². The average Bonchev–Trinajstić information content (AvgIpc) is 2.72. The Bertz CT molecular complexity index is 374. The molecule has 0 bridgehead atoms. The fraction of sp³-hybridized carbons (Fsp3) is 0.417. The lowest BCUT2D eigenvalue weighted by Crippen LogP contribution is -2.23. The van der Waals surface area contributed by atoms with Crippen molar-refractivity contribution in [1.29, 1.82) is 0 Å². The maximum absolute atomic E-state index is 11.4. The van der Waals surface area contributed by atoms with E-state index in [0.29, 0.717) is 25.5 Å². The lowest BCUT2D eigenvalue weighted by molar-refractivity contribution is -0.116. The van der Waals surface area contributed by atoms with E-state index < -0.39 is 0 Å². The molecular formula is C12H16INO3. The van der Waals surface area contributed by atoms with Gasteiger partial charge in [0.25, 0.3) is 0 Å². The zero-order valence-corrected chi connectivity index (χ0v) is 11.9. The SMILES string of the molecule is CCOCCCNC(=O)/C=C/c1ccc(I)o1. The minimum absolute atomic E-state index is 0.118. The van der Waals surface area contributed by atoms with Crippen LogP contribution in [0.15, 0.2) is 22.6 Å². The van der Waals surface area contributed by atoms with E-state index in [0.717, 1.165) is 10.2 Å². The third-order valence-electron chi connectivity index (χ3n) is 1.96. The summed E-state index contributed by atoms with van der Waals surface area (Å²) in [7, 11) is 0. The summed E-state index contributed by atoms with van der Waals surface area (Å²) in [5.41, 5.74) is 0. The first kappa shape index (κ1) is 14.2. The van der Waals surface area contributed by atoms with Crippen LogP contribution in [0.4, 0.5) is 0 Å². The second kappa shape index (κ2) is 8.30. The van der Waals surface area contributed by atoms with Crippen LogP contribution < -0.4 is 5.32 Å². The zero-order chi connectivity index (χ0) is 12.5. The Morgan fingerprint density at radius 3 is 3.06 bits per heavy atom. The molecule has 0 fully saturated rings. The fourth-order valence-corrected chi connectivity index (χ4v) is 1.60. The van der Waals surface area contributed by atoms with E-state index in [1.807, 2.05) is 19.1 Å². The predicted molar refractivity (Wildman–Crippen MR) is 74.6 cm³/mol. The number of carbonyl (C=O) groups excluding carboxylic acids is 1. The number of hydrogen-bond acceptors (Lipinski definition) is 3. The first-order valence-electron chi connectivity index (χ1n) is 5.51. The quantitative estimate of drug-likeness (QED) is 0.467. The van der Waals surface area contributed by atoms with E-state index in [-0.39, 0.29) is 5.91 Å². The van der Waals surface area contributed by atoms with E-state index in [1.54, 1.807) is 6.08 Å². The van der Waals surface area contributed by atoms with Crippen molar-refractivity contribution in [2.45, 2.75) is 13.3 Å². The van der Waals surface area contributed by atoms with Crippen LogP contribution in [0, 0.1) is 3.77 Å². The molecule has 4 nitrogen and oxygen atoms in total. The van der Waals surface area contributed by atoms with Crippen molar-refractivity contribution in [3.8, 4) is 0 Å². The molecule has 1 heterocycles. The summed E-state index contributed by atoms with van der Waals surface area (Å²) < 4.78 is 11.3. The van der Waals surface area contributed by atoms with E-state index in [4.69, 9.17) is 9.15 Å². The fourth-order valence-electron chi connectivity index (χ4n) is 1.16. The third kappa shape index (κ3) is 6.48. The molecule has 1 rings (SSSR count). The highest BCUT2D eigenvalue weighted by Crippen LogP contribution is 2.11. The molecule has 0 saturated carbocycles. The molecule has 1 N–H and O–H groups in total. The Kier molecular flexibility index (Phi) is 6.95. The highest BCUT2D eigenvalue weighted by molar-refractivity contribution is 14.1. The molecule has 0 spiro atoms. The van der Waals surface area contributed by atoms with Gasteiger partial charge in [0, 0.05) is 25.8 Å². The molecule has 94 valence electrons. The summed E-state index contributed by atoms with van der Waals surface area (Å²) >= 11 is 2.08. The summed E-state index contributed by atoms with van der Waals surface area (Å²) in [5.74, 6) is 0.562. The van der Waals surface area contributed by atoms with Crippen LogP contribution in [0.2, 0.25) is 0 Å². The van der Waals surface area contributed by atoms with Gasteiger partial charge in [-0.05, 0) is 54.1 Å². The van der Waals surface area contributed by atoms with Crippen LogP contribution in [-0.4, -0.2) is 25.7 Å². The number of ether oxygens (including phenoxy) is 1. The lowest BCUT2D eigenvalue weighted by Gasteiger charge is -2.01. The molecular weight excluding hydrogens is 333 g/mol. The first-order valence-corrected chi connectivity index (χ1v) is 6.59. The number of furan rings is 1. The number of carbonyl (C=O) groups is 1. The number of halogens is 1. The van der Waals surface area contributed by atoms with Crippen LogP contribution in [-0.2, 0) is 9.53 Å². The second-order valence-electron chi connectivity index (χ2n) is 3.32. The maximum Gasteiger partial charge on any atom is 0.244 e. The van der Waals surface area contributed by atoms with E-state index >= 15 is 0 Å². The molecule has 0 aliphatic heterocycles. The number of nitrogens with one attached hydrogen (secondary N) is 1. The maximum atomic E-state index is 11.4. The smallest absolute Gasteiger partial charge is 0.244 e. The molecule has 0 aromatic carbocycles. The molecule has 0 saturated heterocycles. The van der Waals surface area contributed by atoms with E-state index in [1.165, 1.54) is 6.08 Å². The minimum atomic E-state index is -0.118. The highest BCUT2D eigenvalue weighted by atomic mass is 127. The van der Waals surface area contributed by atoms with Gasteiger partial charge in [-0.2, -0.15) is 0 Å². The van der Waals surface area contributed by atoms with Gasteiger partial charge in [0.2, 0.25) is 5.91 Å². The van der Waals surface area contributed by atoms with Crippen molar-refractivity contribution in [1.82, 2.24) is 5.32 Å². The monoisotopic (exact) mass is 349 g/mol. The summed E-state index contributed by atoms with van der Waals surface area (Å²) in [5, 5.41) is 2.77. The molecule has 0 unspecified atom stereocenters. The summed E-state index contributed by atoms with van der Waals surface area (Å²) in [6, 6.07) is 3.67. The van der Waals surface area contributed by atoms with Crippen LogP contribution in [0.1, 0.15) is 19.1 Å². The molecule has 0 aliphatic carbocycles. The molecule has 17 heavy (non-hydrogen) atoms. The highest BCUT2D eigenvalue weighted by Gasteiger charge is 1.97. The molecule has 5 heteroatoms.